The Hall–Kier alpha value is -1.09. The fourth-order valence-corrected chi connectivity index (χ4v) is 2.56. The molecule has 0 amide bonds. The zero-order valence-corrected chi connectivity index (χ0v) is 12.2. The molecule has 0 saturated heterocycles. The van der Waals surface area contributed by atoms with Gasteiger partial charge in [0.15, 0.2) is 0 Å². The number of pyridine rings is 1. The summed E-state index contributed by atoms with van der Waals surface area (Å²) in [5, 5.41) is 3.37. The van der Waals surface area contributed by atoms with E-state index in [4.69, 9.17) is 4.74 Å². The van der Waals surface area contributed by atoms with Gasteiger partial charge in [-0.05, 0) is 44.1 Å². The number of ether oxygens (including phenoxy) is 1. The minimum atomic E-state index is 0.440. The molecule has 106 valence electrons. The van der Waals surface area contributed by atoms with E-state index in [1.807, 2.05) is 12.3 Å². The van der Waals surface area contributed by atoms with Crippen LogP contribution in [-0.2, 0) is 11.3 Å². The number of nitrogens with zero attached hydrogens (tertiary/aromatic N) is 1. The molecule has 1 aliphatic rings. The van der Waals surface area contributed by atoms with Gasteiger partial charge in [-0.2, -0.15) is 0 Å². The van der Waals surface area contributed by atoms with Gasteiger partial charge in [0.05, 0.1) is 12.7 Å². The van der Waals surface area contributed by atoms with Gasteiger partial charge >= 0.3 is 0 Å². The van der Waals surface area contributed by atoms with Gasteiger partial charge < -0.3 is 10.1 Å². The van der Waals surface area contributed by atoms with E-state index in [0.717, 1.165) is 24.7 Å². The van der Waals surface area contributed by atoms with Crippen molar-refractivity contribution in [3.63, 3.8) is 0 Å². The number of hydrogen-bond donors (Lipinski definition) is 1. The smallest absolute Gasteiger partial charge is 0.131 e. The number of aromatic nitrogens is 1. The Morgan fingerprint density at radius 2 is 2.11 bits per heavy atom. The Bertz CT molecular complexity index is 373. The highest BCUT2D eigenvalue weighted by atomic mass is 16.5. The molecule has 0 bridgehead atoms. The van der Waals surface area contributed by atoms with E-state index in [1.165, 1.54) is 31.2 Å². The molecule has 3 nitrogen and oxygen atoms in total. The number of anilines is 1. The zero-order chi connectivity index (χ0) is 13.5. The Labute approximate surface area is 116 Å². The average Bonchev–Trinajstić information content (AvgIpc) is 2.45. The van der Waals surface area contributed by atoms with Crippen molar-refractivity contribution in [2.75, 3.05) is 11.9 Å². The Morgan fingerprint density at radius 3 is 2.84 bits per heavy atom. The zero-order valence-electron chi connectivity index (χ0n) is 12.2. The first-order valence-corrected chi connectivity index (χ1v) is 7.59. The lowest BCUT2D eigenvalue weighted by Crippen LogP contribution is -2.20. The minimum absolute atomic E-state index is 0.440. The largest absolute Gasteiger partial charge is 0.373 e. The molecule has 1 heterocycles. The molecule has 3 heteroatoms. The molecule has 0 aromatic carbocycles. The molecule has 1 N–H and O–H groups in total. The maximum absolute atomic E-state index is 6.06. The summed E-state index contributed by atoms with van der Waals surface area (Å²) in [4.78, 5) is 4.40. The Morgan fingerprint density at radius 1 is 1.32 bits per heavy atom. The van der Waals surface area contributed by atoms with Crippen LogP contribution in [0.1, 0.15) is 51.5 Å². The van der Waals surface area contributed by atoms with Crippen LogP contribution in [0.2, 0.25) is 0 Å². The second kappa shape index (κ2) is 7.49. The van der Waals surface area contributed by atoms with Gasteiger partial charge in [0, 0.05) is 18.3 Å². The third-order valence-electron chi connectivity index (χ3n) is 3.87. The van der Waals surface area contributed by atoms with Crippen molar-refractivity contribution in [3.05, 3.63) is 23.9 Å². The quantitative estimate of drug-likeness (QED) is 0.841. The molecule has 1 fully saturated rings. The van der Waals surface area contributed by atoms with E-state index in [-0.39, 0.29) is 0 Å². The fraction of sp³-hybridized carbons (Fsp3) is 0.688. The van der Waals surface area contributed by atoms with E-state index in [2.05, 4.69) is 30.2 Å². The summed E-state index contributed by atoms with van der Waals surface area (Å²) in [6.07, 6.45) is 8.41. The first-order chi connectivity index (χ1) is 9.29. The summed E-state index contributed by atoms with van der Waals surface area (Å²) < 4.78 is 6.06. The minimum Gasteiger partial charge on any atom is -0.373 e. The van der Waals surface area contributed by atoms with Crippen molar-refractivity contribution < 1.29 is 4.74 Å². The summed E-state index contributed by atoms with van der Waals surface area (Å²) in [6.45, 7) is 6.14. The molecule has 1 aromatic rings. The molecule has 1 aromatic heterocycles. The molecule has 2 rings (SSSR count). The van der Waals surface area contributed by atoms with Crippen LogP contribution in [0.4, 0.5) is 5.82 Å². The van der Waals surface area contributed by atoms with Crippen molar-refractivity contribution in [3.8, 4) is 0 Å². The fourth-order valence-electron chi connectivity index (χ4n) is 2.56. The van der Waals surface area contributed by atoms with Crippen LogP contribution in [-0.4, -0.2) is 17.6 Å². The normalized spacial score (nSPS) is 23.3. The van der Waals surface area contributed by atoms with Crippen LogP contribution < -0.4 is 5.32 Å². The number of nitrogens with one attached hydrogen (secondary N) is 1. The maximum Gasteiger partial charge on any atom is 0.131 e. The second-order valence-corrected chi connectivity index (χ2v) is 5.63. The molecule has 1 aliphatic carbocycles. The van der Waals surface area contributed by atoms with Crippen LogP contribution in [0.25, 0.3) is 0 Å². The molecule has 0 spiro atoms. The summed E-state index contributed by atoms with van der Waals surface area (Å²) in [7, 11) is 0. The molecule has 0 atom stereocenters. The van der Waals surface area contributed by atoms with Gasteiger partial charge in [-0.1, -0.05) is 19.9 Å². The van der Waals surface area contributed by atoms with Gasteiger partial charge in [0.25, 0.3) is 0 Å². The van der Waals surface area contributed by atoms with Crippen molar-refractivity contribution >= 4 is 5.82 Å². The molecule has 1 saturated carbocycles. The van der Waals surface area contributed by atoms with Crippen LogP contribution in [0.15, 0.2) is 18.3 Å². The van der Waals surface area contributed by atoms with Crippen LogP contribution >= 0.6 is 0 Å². The predicted molar refractivity (Wildman–Crippen MR) is 79.2 cm³/mol. The standard InChI is InChI=1S/C16H26N2O/c1-3-10-17-16-14(5-4-11-18-16)12-19-15-8-6-13(2)7-9-15/h4-5,11,13,15H,3,6-10,12H2,1-2H3,(H,17,18). The molecule has 19 heavy (non-hydrogen) atoms. The molecular formula is C16H26N2O. The van der Waals surface area contributed by atoms with Crippen molar-refractivity contribution in [2.45, 2.75) is 58.7 Å². The lowest BCUT2D eigenvalue weighted by molar-refractivity contribution is 0.00892. The van der Waals surface area contributed by atoms with Gasteiger partial charge in [0.2, 0.25) is 0 Å². The summed E-state index contributed by atoms with van der Waals surface area (Å²) in [5.74, 6) is 1.86. The highest BCUT2D eigenvalue weighted by Gasteiger charge is 2.18. The van der Waals surface area contributed by atoms with E-state index >= 15 is 0 Å². The molecule has 0 unspecified atom stereocenters. The average molecular weight is 262 g/mol. The van der Waals surface area contributed by atoms with Crippen molar-refractivity contribution in [1.29, 1.82) is 0 Å². The first-order valence-electron chi connectivity index (χ1n) is 7.59. The monoisotopic (exact) mass is 262 g/mol. The topological polar surface area (TPSA) is 34.2 Å². The highest BCUT2D eigenvalue weighted by molar-refractivity contribution is 5.43. The van der Waals surface area contributed by atoms with Gasteiger partial charge in [0.1, 0.15) is 5.82 Å². The van der Waals surface area contributed by atoms with E-state index < -0.39 is 0 Å². The van der Waals surface area contributed by atoms with Crippen LogP contribution in [0.3, 0.4) is 0 Å². The molecule has 0 radical (unpaired) electrons. The molecule has 0 aliphatic heterocycles. The number of rotatable bonds is 6. The second-order valence-electron chi connectivity index (χ2n) is 5.63. The first kappa shape index (κ1) is 14.3. The maximum atomic E-state index is 6.06. The Kier molecular flexibility index (Phi) is 5.64. The predicted octanol–water partition coefficient (Wildman–Crippen LogP) is 4.00. The third-order valence-corrected chi connectivity index (χ3v) is 3.87. The summed E-state index contributed by atoms with van der Waals surface area (Å²) >= 11 is 0. The van der Waals surface area contributed by atoms with Crippen molar-refractivity contribution in [2.24, 2.45) is 5.92 Å². The third kappa shape index (κ3) is 4.50. The summed E-state index contributed by atoms with van der Waals surface area (Å²) in [5.41, 5.74) is 1.18. The van der Waals surface area contributed by atoms with Gasteiger partial charge in [-0.15, -0.1) is 0 Å². The van der Waals surface area contributed by atoms with Crippen LogP contribution in [0, 0.1) is 5.92 Å². The van der Waals surface area contributed by atoms with E-state index in [1.54, 1.807) is 0 Å². The number of hydrogen-bond acceptors (Lipinski definition) is 3. The lowest BCUT2D eigenvalue weighted by atomic mass is 9.89. The van der Waals surface area contributed by atoms with Gasteiger partial charge in [-0.25, -0.2) is 4.98 Å². The van der Waals surface area contributed by atoms with E-state index in [0.29, 0.717) is 12.7 Å². The molecular weight excluding hydrogens is 236 g/mol. The van der Waals surface area contributed by atoms with Crippen LogP contribution in [0.5, 0.6) is 0 Å². The highest BCUT2D eigenvalue weighted by Crippen LogP contribution is 2.26. The Balaban J connectivity index is 1.84. The van der Waals surface area contributed by atoms with Gasteiger partial charge in [-0.3, -0.25) is 0 Å². The van der Waals surface area contributed by atoms with Crippen molar-refractivity contribution in [1.82, 2.24) is 4.98 Å². The SMILES string of the molecule is CCCNc1ncccc1COC1CCC(C)CC1. The lowest BCUT2D eigenvalue weighted by Gasteiger charge is -2.26. The summed E-state index contributed by atoms with van der Waals surface area (Å²) in [6, 6.07) is 4.09. The van der Waals surface area contributed by atoms with E-state index in [9.17, 15) is 0 Å².